The van der Waals surface area contributed by atoms with Gasteiger partial charge in [0.25, 0.3) is 5.91 Å². The summed E-state index contributed by atoms with van der Waals surface area (Å²) in [6, 6.07) is 16.5. The summed E-state index contributed by atoms with van der Waals surface area (Å²) in [7, 11) is 0. The molecular formula is C23H22ClN3O4S. The molecular weight excluding hydrogens is 450 g/mol. The second-order valence-electron chi connectivity index (χ2n) is 6.72. The summed E-state index contributed by atoms with van der Waals surface area (Å²) < 4.78 is 5.14. The van der Waals surface area contributed by atoms with Crippen LogP contribution in [-0.4, -0.2) is 30.3 Å². The molecule has 0 spiro atoms. The molecule has 2 amide bonds. The van der Waals surface area contributed by atoms with Gasteiger partial charge in [-0.2, -0.15) is 0 Å². The average molecular weight is 472 g/mol. The van der Waals surface area contributed by atoms with Gasteiger partial charge in [-0.25, -0.2) is 4.79 Å². The van der Waals surface area contributed by atoms with Crippen LogP contribution >= 0.6 is 22.9 Å². The minimum absolute atomic E-state index is 0.0575. The Kier molecular flexibility index (Phi) is 7.86. The van der Waals surface area contributed by atoms with E-state index in [2.05, 4.69) is 16.0 Å². The Morgan fingerprint density at radius 2 is 1.66 bits per heavy atom. The van der Waals surface area contributed by atoms with Crippen molar-refractivity contribution in [2.75, 3.05) is 28.4 Å². The molecule has 166 valence electrons. The first-order chi connectivity index (χ1) is 15.4. The monoisotopic (exact) mass is 471 g/mol. The number of hydrogen-bond donors (Lipinski definition) is 3. The number of carbonyl (C=O) groups is 3. The van der Waals surface area contributed by atoms with Gasteiger partial charge in [0.1, 0.15) is 15.8 Å². The van der Waals surface area contributed by atoms with Crippen molar-refractivity contribution in [3.8, 4) is 0 Å². The molecule has 0 saturated carbocycles. The van der Waals surface area contributed by atoms with E-state index in [1.54, 1.807) is 19.1 Å². The molecule has 1 heterocycles. The van der Waals surface area contributed by atoms with E-state index in [4.69, 9.17) is 16.3 Å². The van der Waals surface area contributed by atoms with Gasteiger partial charge in [0, 0.05) is 11.4 Å². The maximum Gasteiger partial charge on any atom is 0.350 e. The molecule has 0 aliphatic rings. The zero-order valence-electron chi connectivity index (χ0n) is 17.5. The SMILES string of the molecule is CCOC(=O)c1sc(Nc2ccccc2)c(C(=O)Nc2ccc(C)cc2)c1NC(=O)CCl. The Morgan fingerprint density at radius 3 is 2.28 bits per heavy atom. The van der Waals surface area contributed by atoms with Gasteiger partial charge in [0.2, 0.25) is 5.91 Å². The first-order valence-corrected chi connectivity index (χ1v) is 11.2. The first kappa shape index (κ1) is 23.3. The number of anilines is 4. The van der Waals surface area contributed by atoms with Crippen LogP contribution < -0.4 is 16.0 Å². The van der Waals surface area contributed by atoms with Crippen molar-refractivity contribution in [3.05, 3.63) is 70.6 Å². The van der Waals surface area contributed by atoms with Crippen LogP contribution in [0.1, 0.15) is 32.5 Å². The molecule has 0 bridgehead atoms. The van der Waals surface area contributed by atoms with Gasteiger partial charge >= 0.3 is 5.97 Å². The van der Waals surface area contributed by atoms with E-state index in [9.17, 15) is 14.4 Å². The minimum Gasteiger partial charge on any atom is -0.462 e. The summed E-state index contributed by atoms with van der Waals surface area (Å²) in [5, 5.41) is 8.95. The summed E-state index contributed by atoms with van der Waals surface area (Å²) in [4.78, 5) is 38.1. The van der Waals surface area contributed by atoms with E-state index < -0.39 is 17.8 Å². The van der Waals surface area contributed by atoms with Crippen LogP contribution in [0.5, 0.6) is 0 Å². The number of para-hydroxylation sites is 1. The number of amides is 2. The molecule has 0 radical (unpaired) electrons. The second kappa shape index (κ2) is 10.8. The Morgan fingerprint density at radius 1 is 0.969 bits per heavy atom. The Labute approximate surface area is 194 Å². The quantitative estimate of drug-likeness (QED) is 0.301. The number of halogens is 1. The summed E-state index contributed by atoms with van der Waals surface area (Å²) in [6.45, 7) is 3.76. The van der Waals surface area contributed by atoms with Crippen molar-refractivity contribution in [2.45, 2.75) is 13.8 Å². The van der Waals surface area contributed by atoms with Crippen molar-refractivity contribution in [3.63, 3.8) is 0 Å². The fourth-order valence-corrected chi connectivity index (χ4v) is 3.99. The number of esters is 1. The third kappa shape index (κ3) is 5.66. The lowest BCUT2D eigenvalue weighted by atomic mass is 10.1. The number of aryl methyl sites for hydroxylation is 1. The molecule has 3 aromatic rings. The largest absolute Gasteiger partial charge is 0.462 e. The Hall–Kier alpha value is -3.36. The third-order valence-electron chi connectivity index (χ3n) is 4.32. The highest BCUT2D eigenvalue weighted by Crippen LogP contribution is 2.40. The molecule has 32 heavy (non-hydrogen) atoms. The van der Waals surface area contributed by atoms with Crippen LogP contribution in [0.15, 0.2) is 54.6 Å². The van der Waals surface area contributed by atoms with E-state index in [1.165, 1.54) is 0 Å². The number of rotatable bonds is 8. The Bertz CT molecular complexity index is 1110. The summed E-state index contributed by atoms with van der Waals surface area (Å²) >= 11 is 6.69. The number of ether oxygens (including phenoxy) is 1. The highest BCUT2D eigenvalue weighted by molar-refractivity contribution is 7.19. The third-order valence-corrected chi connectivity index (χ3v) is 5.65. The highest BCUT2D eigenvalue weighted by atomic mass is 35.5. The van der Waals surface area contributed by atoms with Crippen molar-refractivity contribution in [2.24, 2.45) is 0 Å². The minimum atomic E-state index is -0.645. The van der Waals surface area contributed by atoms with Crippen LogP contribution in [0.2, 0.25) is 0 Å². The van der Waals surface area contributed by atoms with Crippen LogP contribution in [0, 0.1) is 6.92 Å². The zero-order valence-corrected chi connectivity index (χ0v) is 19.1. The van der Waals surface area contributed by atoms with Gasteiger partial charge in [0.15, 0.2) is 0 Å². The number of benzene rings is 2. The molecule has 0 aliphatic heterocycles. The fourth-order valence-electron chi connectivity index (χ4n) is 2.85. The molecule has 7 nitrogen and oxygen atoms in total. The zero-order chi connectivity index (χ0) is 23.1. The van der Waals surface area contributed by atoms with E-state index >= 15 is 0 Å². The van der Waals surface area contributed by atoms with E-state index in [0.717, 1.165) is 16.9 Å². The summed E-state index contributed by atoms with van der Waals surface area (Å²) in [6.07, 6.45) is 0. The van der Waals surface area contributed by atoms with Crippen LogP contribution in [0.3, 0.4) is 0 Å². The highest BCUT2D eigenvalue weighted by Gasteiger charge is 2.29. The molecule has 2 aromatic carbocycles. The molecule has 9 heteroatoms. The number of alkyl halides is 1. The molecule has 0 atom stereocenters. The molecule has 3 N–H and O–H groups in total. The average Bonchev–Trinajstić information content (AvgIpc) is 3.13. The van der Waals surface area contributed by atoms with Crippen molar-refractivity contribution < 1.29 is 19.1 Å². The molecule has 0 unspecified atom stereocenters. The fraction of sp³-hybridized carbons (Fsp3) is 0.174. The number of hydrogen-bond acceptors (Lipinski definition) is 6. The molecule has 0 saturated heterocycles. The van der Waals surface area contributed by atoms with Gasteiger partial charge < -0.3 is 20.7 Å². The number of nitrogens with one attached hydrogen (secondary N) is 3. The summed E-state index contributed by atoms with van der Waals surface area (Å²) in [5.74, 6) is -2.03. The maximum atomic E-state index is 13.3. The van der Waals surface area contributed by atoms with Crippen molar-refractivity contribution in [1.29, 1.82) is 0 Å². The second-order valence-corrected chi connectivity index (χ2v) is 8.01. The van der Waals surface area contributed by atoms with Gasteiger partial charge in [-0.3, -0.25) is 9.59 Å². The van der Waals surface area contributed by atoms with Gasteiger partial charge in [-0.05, 0) is 38.1 Å². The molecule has 0 aliphatic carbocycles. The molecule has 1 aromatic heterocycles. The van der Waals surface area contributed by atoms with Crippen molar-refractivity contribution in [1.82, 2.24) is 0 Å². The van der Waals surface area contributed by atoms with Gasteiger partial charge in [-0.15, -0.1) is 22.9 Å². The predicted molar refractivity (Wildman–Crippen MR) is 128 cm³/mol. The van der Waals surface area contributed by atoms with E-state index in [1.807, 2.05) is 49.4 Å². The lowest BCUT2D eigenvalue weighted by Crippen LogP contribution is -2.20. The standard InChI is InChI=1S/C23H22ClN3O4S/c1-3-31-23(30)20-19(27-17(28)13-24)18(21(29)25-16-11-9-14(2)10-12-16)22(32-20)26-15-7-5-4-6-8-15/h4-12,26H,3,13H2,1-2H3,(H,25,29)(H,27,28). The van der Waals surface area contributed by atoms with Crippen molar-refractivity contribution >= 4 is 62.8 Å². The number of thiophene rings is 1. The van der Waals surface area contributed by atoms with Gasteiger partial charge in [-0.1, -0.05) is 35.9 Å². The van der Waals surface area contributed by atoms with E-state index in [0.29, 0.717) is 16.4 Å². The Balaban J connectivity index is 2.09. The topological polar surface area (TPSA) is 96.5 Å². The van der Waals surface area contributed by atoms with E-state index in [-0.39, 0.29) is 28.6 Å². The predicted octanol–water partition coefficient (Wildman–Crippen LogP) is 5.41. The normalized spacial score (nSPS) is 10.3. The summed E-state index contributed by atoms with van der Waals surface area (Å²) in [5.41, 5.74) is 2.50. The van der Waals surface area contributed by atoms with Gasteiger partial charge in [0.05, 0.1) is 17.9 Å². The van der Waals surface area contributed by atoms with Crippen LogP contribution in [0.25, 0.3) is 0 Å². The lowest BCUT2D eigenvalue weighted by molar-refractivity contribution is -0.113. The maximum absolute atomic E-state index is 13.3. The lowest BCUT2D eigenvalue weighted by Gasteiger charge is -2.12. The molecule has 3 rings (SSSR count). The smallest absolute Gasteiger partial charge is 0.350 e. The molecule has 0 fully saturated rings. The number of carbonyl (C=O) groups excluding carboxylic acids is 3. The van der Waals surface area contributed by atoms with Crippen LogP contribution in [0.4, 0.5) is 22.1 Å². The first-order valence-electron chi connectivity index (χ1n) is 9.82. The van der Waals surface area contributed by atoms with Crippen LogP contribution in [-0.2, 0) is 9.53 Å².